The van der Waals surface area contributed by atoms with Crippen LogP contribution in [0.2, 0.25) is 0 Å². The number of anilines is 1. The van der Waals surface area contributed by atoms with E-state index >= 15 is 0 Å². The maximum absolute atomic E-state index is 12.3. The number of esters is 2. The topological polar surface area (TPSA) is 97.1 Å². The number of rotatable bonds is 3. The van der Waals surface area contributed by atoms with Gasteiger partial charge in [-0.3, -0.25) is 0 Å². The Hall–Kier alpha value is -3.22. The second-order valence-electron chi connectivity index (χ2n) is 5.87. The third kappa shape index (κ3) is 3.21. The van der Waals surface area contributed by atoms with Crippen molar-refractivity contribution in [2.24, 2.45) is 0 Å². The van der Waals surface area contributed by atoms with Crippen molar-refractivity contribution < 1.29 is 28.5 Å². The fourth-order valence-electron chi connectivity index (χ4n) is 2.45. The van der Waals surface area contributed by atoms with Crippen LogP contribution in [0.4, 0.5) is 5.69 Å². The first-order valence-electron chi connectivity index (χ1n) is 7.52. The third-order valence-electron chi connectivity index (χ3n) is 3.54. The summed E-state index contributed by atoms with van der Waals surface area (Å²) < 4.78 is 21.3. The van der Waals surface area contributed by atoms with Crippen LogP contribution in [0.15, 0.2) is 36.4 Å². The molecule has 2 aromatic rings. The Bertz CT molecular complexity index is 859. The molecule has 0 atom stereocenters. The van der Waals surface area contributed by atoms with E-state index < -0.39 is 17.7 Å². The van der Waals surface area contributed by atoms with Crippen molar-refractivity contribution in [3.63, 3.8) is 0 Å². The lowest BCUT2D eigenvalue weighted by Crippen LogP contribution is -2.38. The fraction of sp³-hybridized carbons (Fsp3) is 0.222. The average Bonchev–Trinajstić information content (AvgIpc) is 2.54. The van der Waals surface area contributed by atoms with Crippen molar-refractivity contribution in [1.82, 2.24) is 0 Å². The van der Waals surface area contributed by atoms with Crippen LogP contribution in [-0.2, 0) is 9.47 Å². The number of nitrogens with two attached hydrogens (primary N) is 1. The average molecular weight is 343 g/mol. The molecule has 0 radical (unpaired) electrons. The molecule has 0 saturated carbocycles. The molecule has 0 fully saturated rings. The number of hydrogen-bond donors (Lipinski definition) is 1. The van der Waals surface area contributed by atoms with E-state index in [1.54, 1.807) is 32.0 Å². The van der Waals surface area contributed by atoms with E-state index in [4.69, 9.17) is 19.9 Å². The molecule has 0 spiro atoms. The zero-order valence-corrected chi connectivity index (χ0v) is 14.0. The summed E-state index contributed by atoms with van der Waals surface area (Å²) in [7, 11) is 1.28. The first kappa shape index (κ1) is 16.6. The second-order valence-corrected chi connectivity index (χ2v) is 5.87. The van der Waals surface area contributed by atoms with Crippen LogP contribution in [0.25, 0.3) is 0 Å². The maximum atomic E-state index is 12.3. The molecule has 130 valence electrons. The molecule has 1 aliphatic heterocycles. The van der Waals surface area contributed by atoms with Crippen LogP contribution in [0, 0.1) is 0 Å². The Morgan fingerprint density at radius 2 is 1.88 bits per heavy atom. The number of carbonyl (C=O) groups is 2. The van der Waals surface area contributed by atoms with E-state index in [1.165, 1.54) is 25.3 Å². The molecule has 2 aromatic carbocycles. The summed E-state index contributed by atoms with van der Waals surface area (Å²) in [6.07, 6.45) is 0. The van der Waals surface area contributed by atoms with Crippen LogP contribution in [0.5, 0.6) is 17.2 Å². The van der Waals surface area contributed by atoms with Gasteiger partial charge in [-0.1, -0.05) is 6.07 Å². The summed E-state index contributed by atoms with van der Waals surface area (Å²) in [4.78, 5) is 23.8. The molecule has 0 saturated heterocycles. The molecule has 0 bridgehead atoms. The lowest BCUT2D eigenvalue weighted by Gasteiger charge is -2.32. The lowest BCUT2D eigenvalue weighted by atomic mass is 10.1. The minimum absolute atomic E-state index is 0.179. The van der Waals surface area contributed by atoms with Gasteiger partial charge in [0.2, 0.25) is 5.79 Å². The summed E-state index contributed by atoms with van der Waals surface area (Å²) in [5, 5.41) is 0. The van der Waals surface area contributed by atoms with Crippen LogP contribution in [0.3, 0.4) is 0 Å². The first-order valence-corrected chi connectivity index (χ1v) is 7.52. The molecule has 1 aliphatic rings. The van der Waals surface area contributed by atoms with Gasteiger partial charge in [0.05, 0.1) is 18.4 Å². The molecule has 3 rings (SSSR count). The van der Waals surface area contributed by atoms with Crippen LogP contribution >= 0.6 is 0 Å². The zero-order valence-electron chi connectivity index (χ0n) is 14.0. The Labute approximate surface area is 144 Å². The molecule has 0 aliphatic carbocycles. The van der Waals surface area contributed by atoms with Crippen molar-refractivity contribution >= 4 is 17.6 Å². The maximum Gasteiger partial charge on any atom is 0.349 e. The number of ether oxygens (including phenoxy) is 4. The van der Waals surface area contributed by atoms with Gasteiger partial charge in [-0.05, 0) is 30.3 Å². The standard InChI is InChI=1S/C18H17NO6/c1-18(2)24-14-6-4-5-13(15(14)17(21)25-18)23-12-8-7-10(9-11(12)19)16(20)22-3/h4-9H,19H2,1-3H3. The summed E-state index contributed by atoms with van der Waals surface area (Å²) in [6, 6.07) is 9.45. The van der Waals surface area contributed by atoms with E-state index in [9.17, 15) is 9.59 Å². The summed E-state index contributed by atoms with van der Waals surface area (Å²) in [6.45, 7) is 3.29. The van der Waals surface area contributed by atoms with Crippen LogP contribution < -0.4 is 15.2 Å². The Morgan fingerprint density at radius 1 is 1.12 bits per heavy atom. The highest BCUT2D eigenvalue weighted by Crippen LogP contribution is 2.39. The van der Waals surface area contributed by atoms with Crippen molar-refractivity contribution in [2.45, 2.75) is 19.6 Å². The van der Waals surface area contributed by atoms with Gasteiger partial charge in [0, 0.05) is 13.8 Å². The Morgan fingerprint density at radius 3 is 2.56 bits per heavy atom. The van der Waals surface area contributed by atoms with Gasteiger partial charge in [-0.15, -0.1) is 0 Å². The van der Waals surface area contributed by atoms with Crippen LogP contribution in [-0.4, -0.2) is 24.8 Å². The number of carbonyl (C=O) groups excluding carboxylic acids is 2. The highest BCUT2D eigenvalue weighted by atomic mass is 16.7. The molecule has 25 heavy (non-hydrogen) atoms. The summed E-state index contributed by atoms with van der Waals surface area (Å²) in [5.41, 5.74) is 6.64. The second kappa shape index (κ2) is 6.01. The third-order valence-corrected chi connectivity index (χ3v) is 3.54. The predicted molar refractivity (Wildman–Crippen MR) is 88.8 cm³/mol. The van der Waals surface area contributed by atoms with E-state index in [0.717, 1.165) is 0 Å². The molecule has 1 heterocycles. The van der Waals surface area contributed by atoms with Crippen molar-refractivity contribution in [3.8, 4) is 17.2 Å². The van der Waals surface area contributed by atoms with Gasteiger partial charge in [0.15, 0.2) is 0 Å². The molecule has 7 heteroatoms. The molecule has 0 amide bonds. The molecule has 7 nitrogen and oxygen atoms in total. The smallest absolute Gasteiger partial charge is 0.349 e. The van der Waals surface area contributed by atoms with Gasteiger partial charge in [-0.25, -0.2) is 9.59 Å². The van der Waals surface area contributed by atoms with Gasteiger partial charge >= 0.3 is 11.9 Å². The first-order chi connectivity index (χ1) is 11.8. The number of benzene rings is 2. The van der Waals surface area contributed by atoms with Crippen molar-refractivity contribution in [3.05, 3.63) is 47.5 Å². The summed E-state index contributed by atoms with van der Waals surface area (Å²) in [5.74, 6) is -1.21. The van der Waals surface area contributed by atoms with E-state index in [-0.39, 0.29) is 17.0 Å². The molecular formula is C18H17NO6. The van der Waals surface area contributed by atoms with Crippen molar-refractivity contribution in [1.29, 1.82) is 0 Å². The Kier molecular flexibility index (Phi) is 4.00. The minimum Gasteiger partial charge on any atom is -0.465 e. The van der Waals surface area contributed by atoms with Crippen molar-refractivity contribution in [2.75, 3.05) is 12.8 Å². The summed E-state index contributed by atoms with van der Waals surface area (Å²) >= 11 is 0. The zero-order chi connectivity index (χ0) is 18.2. The molecule has 0 aromatic heterocycles. The molecule has 0 unspecified atom stereocenters. The highest BCUT2D eigenvalue weighted by Gasteiger charge is 2.36. The fourth-order valence-corrected chi connectivity index (χ4v) is 2.45. The number of methoxy groups -OCH3 is 1. The van der Waals surface area contributed by atoms with E-state index in [2.05, 4.69) is 4.74 Å². The van der Waals surface area contributed by atoms with E-state index in [0.29, 0.717) is 17.1 Å². The monoisotopic (exact) mass is 343 g/mol. The Balaban J connectivity index is 1.95. The molecular weight excluding hydrogens is 326 g/mol. The molecule has 2 N–H and O–H groups in total. The quantitative estimate of drug-likeness (QED) is 0.675. The highest BCUT2D eigenvalue weighted by molar-refractivity contribution is 5.97. The SMILES string of the molecule is COC(=O)c1ccc(Oc2cccc3c2C(=O)OC(C)(C)O3)c(N)c1. The minimum atomic E-state index is -1.05. The lowest BCUT2D eigenvalue weighted by molar-refractivity contribution is -0.127. The van der Waals surface area contributed by atoms with Gasteiger partial charge in [0.1, 0.15) is 22.8 Å². The largest absolute Gasteiger partial charge is 0.465 e. The predicted octanol–water partition coefficient (Wildman–Crippen LogP) is 3.13. The number of cyclic esters (lactones) is 1. The number of fused-ring (bicyclic) bond motifs is 1. The van der Waals surface area contributed by atoms with E-state index in [1.807, 2.05) is 0 Å². The number of hydrogen-bond acceptors (Lipinski definition) is 7. The normalized spacial score (nSPS) is 14.8. The number of nitrogen functional groups attached to an aromatic ring is 1. The van der Waals surface area contributed by atoms with Crippen LogP contribution in [0.1, 0.15) is 34.6 Å². The van der Waals surface area contributed by atoms with Gasteiger partial charge in [0.25, 0.3) is 0 Å². The van der Waals surface area contributed by atoms with Gasteiger partial charge < -0.3 is 24.7 Å². The van der Waals surface area contributed by atoms with Gasteiger partial charge in [-0.2, -0.15) is 0 Å².